The molecule has 0 unspecified atom stereocenters. The minimum Gasteiger partial charge on any atom is -0.490 e. The van der Waals surface area contributed by atoms with Crippen LogP contribution in [0.25, 0.3) is 0 Å². The molecule has 2 aromatic rings. The third kappa shape index (κ3) is 8.30. The van der Waals surface area contributed by atoms with Crippen molar-refractivity contribution in [3.8, 4) is 11.8 Å². The molecule has 1 saturated carbocycles. The highest BCUT2D eigenvalue weighted by Gasteiger charge is 2.31. The van der Waals surface area contributed by atoms with Crippen LogP contribution in [0.3, 0.4) is 0 Å². The van der Waals surface area contributed by atoms with Gasteiger partial charge >= 0.3 is 6.09 Å². The zero-order valence-electron chi connectivity index (χ0n) is 25.8. The van der Waals surface area contributed by atoms with Gasteiger partial charge in [0.15, 0.2) is 11.5 Å². The van der Waals surface area contributed by atoms with E-state index in [0.29, 0.717) is 28.1 Å². The Morgan fingerprint density at radius 2 is 1.66 bits per heavy atom. The number of nitrogens with one attached hydrogen (secondary N) is 1. The van der Waals surface area contributed by atoms with Gasteiger partial charge in [-0.25, -0.2) is 4.79 Å². The van der Waals surface area contributed by atoms with Gasteiger partial charge in [0.25, 0.3) is 5.91 Å². The molecule has 2 amide bonds. The number of benzene rings is 1. The summed E-state index contributed by atoms with van der Waals surface area (Å²) in [6.45, 7) is 10.6. The molecule has 3 heterocycles. The van der Waals surface area contributed by atoms with Gasteiger partial charge in [0.1, 0.15) is 17.4 Å². The second-order valence-electron chi connectivity index (χ2n) is 12.8. The van der Waals surface area contributed by atoms with E-state index in [-0.39, 0.29) is 24.1 Å². The van der Waals surface area contributed by atoms with Crippen molar-refractivity contribution >= 4 is 29.4 Å². The number of carbonyl (C=O) groups is 2. The first-order valence-corrected chi connectivity index (χ1v) is 15.9. The van der Waals surface area contributed by atoms with Gasteiger partial charge in [0, 0.05) is 57.4 Å². The molecule has 12 heteroatoms. The number of carbonyl (C=O) groups excluding carboxylic acids is 2. The maximum atomic E-state index is 12.9. The summed E-state index contributed by atoms with van der Waals surface area (Å²) in [7, 11) is 0. The molecule has 44 heavy (non-hydrogen) atoms. The Morgan fingerprint density at radius 3 is 2.25 bits per heavy atom. The smallest absolute Gasteiger partial charge is 0.410 e. The second-order valence-corrected chi connectivity index (χ2v) is 13.2. The summed E-state index contributed by atoms with van der Waals surface area (Å²) in [5, 5.41) is 21.1. The third-order valence-corrected chi connectivity index (χ3v) is 8.84. The van der Waals surface area contributed by atoms with E-state index in [0.717, 1.165) is 83.6 Å². The molecule has 3 aliphatic rings. The number of anilines is 1. The Balaban J connectivity index is 1.02. The van der Waals surface area contributed by atoms with Crippen molar-refractivity contribution < 1.29 is 19.1 Å². The number of hydrogen-bond acceptors (Lipinski definition) is 9. The molecule has 2 aliphatic heterocycles. The van der Waals surface area contributed by atoms with Crippen LogP contribution in [0.4, 0.5) is 10.6 Å². The molecule has 2 saturated heterocycles. The average Bonchev–Trinajstić information content (AvgIpc) is 3.01. The van der Waals surface area contributed by atoms with E-state index in [1.54, 1.807) is 24.3 Å². The SMILES string of the molecule is CC(C)(C)OC(=O)N1CCC(N2CCN(c3ccc(C(=O)NC4CCC(Oc5ccc(C#N)c(Cl)c5)CC4)nn3)CC2)CC1. The topological polar surface area (TPSA) is 124 Å². The molecule has 236 valence electrons. The first-order chi connectivity index (χ1) is 21.1. The third-order valence-electron chi connectivity index (χ3n) is 8.53. The second kappa shape index (κ2) is 14.0. The predicted molar refractivity (Wildman–Crippen MR) is 167 cm³/mol. The molecule has 0 atom stereocenters. The van der Waals surface area contributed by atoms with Crippen LogP contribution in [-0.4, -0.2) is 95.1 Å². The summed E-state index contributed by atoms with van der Waals surface area (Å²) >= 11 is 6.12. The van der Waals surface area contributed by atoms with Crippen LogP contribution in [0.5, 0.6) is 5.75 Å². The van der Waals surface area contributed by atoms with Crippen LogP contribution in [0.2, 0.25) is 5.02 Å². The number of piperidine rings is 1. The van der Waals surface area contributed by atoms with Crippen LogP contribution >= 0.6 is 11.6 Å². The molecule has 1 N–H and O–H groups in total. The van der Waals surface area contributed by atoms with E-state index >= 15 is 0 Å². The average molecular weight is 624 g/mol. The number of hydrogen-bond donors (Lipinski definition) is 1. The zero-order chi connectivity index (χ0) is 31.3. The van der Waals surface area contributed by atoms with Crippen molar-refractivity contribution in [2.75, 3.05) is 44.2 Å². The van der Waals surface area contributed by atoms with Gasteiger partial charge in [-0.15, -0.1) is 10.2 Å². The molecule has 3 fully saturated rings. The van der Waals surface area contributed by atoms with Gasteiger partial charge in [-0.05, 0) is 83.6 Å². The minimum absolute atomic E-state index is 0.0386. The summed E-state index contributed by atoms with van der Waals surface area (Å²) in [5.74, 6) is 1.22. The largest absolute Gasteiger partial charge is 0.490 e. The first kappa shape index (κ1) is 31.8. The van der Waals surface area contributed by atoms with Crippen molar-refractivity contribution in [2.24, 2.45) is 0 Å². The van der Waals surface area contributed by atoms with Crippen molar-refractivity contribution in [1.82, 2.24) is 25.3 Å². The predicted octanol–water partition coefficient (Wildman–Crippen LogP) is 4.64. The number of rotatable bonds is 6. The number of halogens is 1. The first-order valence-electron chi connectivity index (χ1n) is 15.6. The van der Waals surface area contributed by atoms with Crippen molar-refractivity contribution in [1.29, 1.82) is 5.26 Å². The van der Waals surface area contributed by atoms with Gasteiger partial charge in [-0.2, -0.15) is 5.26 Å². The van der Waals surface area contributed by atoms with E-state index in [2.05, 4.69) is 31.4 Å². The highest BCUT2D eigenvalue weighted by molar-refractivity contribution is 6.31. The fraction of sp³-hybridized carbons (Fsp3) is 0.594. The van der Waals surface area contributed by atoms with Gasteiger partial charge in [-0.1, -0.05) is 11.6 Å². The number of nitriles is 1. The Labute approximate surface area is 264 Å². The van der Waals surface area contributed by atoms with E-state index < -0.39 is 5.60 Å². The minimum atomic E-state index is -0.476. The quantitative estimate of drug-likeness (QED) is 0.490. The lowest BCUT2D eigenvalue weighted by Gasteiger charge is -2.43. The summed E-state index contributed by atoms with van der Waals surface area (Å²) in [4.78, 5) is 31.8. The normalized spacial score (nSPS) is 21.8. The molecular weight excluding hydrogens is 582 g/mol. The van der Waals surface area contributed by atoms with Gasteiger partial charge in [0.05, 0.1) is 16.7 Å². The van der Waals surface area contributed by atoms with Crippen molar-refractivity contribution in [3.05, 3.63) is 46.6 Å². The van der Waals surface area contributed by atoms with E-state index in [1.165, 1.54) is 0 Å². The van der Waals surface area contributed by atoms with Crippen LogP contribution < -0.4 is 15.0 Å². The van der Waals surface area contributed by atoms with Crippen LogP contribution in [0.15, 0.2) is 30.3 Å². The number of piperazine rings is 1. The number of amides is 2. The monoisotopic (exact) mass is 623 g/mol. The Bertz CT molecular complexity index is 1340. The molecular formula is C32H42ClN7O4. The van der Waals surface area contributed by atoms with Gasteiger partial charge in [0.2, 0.25) is 0 Å². The molecule has 1 aliphatic carbocycles. The Kier molecular flexibility index (Phi) is 10.1. The van der Waals surface area contributed by atoms with Crippen LogP contribution in [0, 0.1) is 11.3 Å². The number of aromatic nitrogens is 2. The summed E-state index contributed by atoms with van der Waals surface area (Å²) < 4.78 is 11.6. The number of ether oxygens (including phenoxy) is 2. The maximum Gasteiger partial charge on any atom is 0.410 e. The fourth-order valence-electron chi connectivity index (χ4n) is 6.11. The summed E-state index contributed by atoms with van der Waals surface area (Å²) in [6.07, 6.45) is 4.93. The van der Waals surface area contributed by atoms with Crippen LogP contribution in [0.1, 0.15) is 75.3 Å². The molecule has 0 bridgehead atoms. The standard InChI is InChI=1S/C32H42ClN7O4/c1-32(2,3)44-31(42)40-14-12-24(13-15-40)38-16-18-39(19-17-38)29-11-10-28(36-37-29)30(41)35-23-5-8-25(9-6-23)43-26-7-4-22(21-34)27(33)20-26/h4,7,10-11,20,23-25H,5-6,8-9,12-19H2,1-3H3,(H,35,41). The highest BCUT2D eigenvalue weighted by Crippen LogP contribution is 2.28. The Morgan fingerprint density at radius 1 is 0.955 bits per heavy atom. The molecule has 0 spiro atoms. The maximum absolute atomic E-state index is 12.9. The lowest BCUT2D eigenvalue weighted by atomic mass is 9.93. The summed E-state index contributed by atoms with van der Waals surface area (Å²) in [5.41, 5.74) is 0.264. The molecule has 11 nitrogen and oxygen atoms in total. The molecule has 1 aromatic heterocycles. The lowest BCUT2D eigenvalue weighted by Crippen LogP contribution is -2.54. The van der Waals surface area contributed by atoms with Gasteiger partial charge < -0.3 is 24.6 Å². The highest BCUT2D eigenvalue weighted by atomic mass is 35.5. The zero-order valence-corrected chi connectivity index (χ0v) is 26.6. The van der Waals surface area contributed by atoms with Crippen molar-refractivity contribution in [2.45, 2.75) is 83.1 Å². The molecule has 1 aromatic carbocycles. The van der Waals surface area contributed by atoms with Crippen LogP contribution in [-0.2, 0) is 4.74 Å². The fourth-order valence-corrected chi connectivity index (χ4v) is 6.32. The Hall–Kier alpha value is -3.62. The van der Waals surface area contributed by atoms with E-state index in [9.17, 15) is 9.59 Å². The number of likely N-dealkylation sites (tertiary alicyclic amines) is 1. The molecule has 0 radical (unpaired) electrons. The molecule has 5 rings (SSSR count). The van der Waals surface area contributed by atoms with E-state index in [1.807, 2.05) is 31.7 Å². The number of nitrogens with zero attached hydrogens (tertiary/aromatic N) is 6. The summed E-state index contributed by atoms with van der Waals surface area (Å²) in [6, 6.07) is 11.3. The van der Waals surface area contributed by atoms with Gasteiger partial charge in [-0.3, -0.25) is 9.69 Å². The van der Waals surface area contributed by atoms with E-state index in [4.69, 9.17) is 26.3 Å². The lowest BCUT2D eigenvalue weighted by molar-refractivity contribution is 0.0139. The van der Waals surface area contributed by atoms with Crippen molar-refractivity contribution in [3.63, 3.8) is 0 Å².